The SMILES string of the molecule is CC.CCCc1ccc(C(=S)Nc2ccc(S(=O)(=O)C3(C(=O)NO)CCOCC3)cc2)cc1. The van der Waals surface area contributed by atoms with E-state index in [4.69, 9.17) is 22.2 Å². The van der Waals surface area contributed by atoms with Crippen LogP contribution in [0.3, 0.4) is 0 Å². The second-order valence-corrected chi connectivity index (χ2v) is 10.1. The third-order valence-corrected chi connectivity index (χ3v) is 8.36. The van der Waals surface area contributed by atoms with Crippen LogP contribution in [0.1, 0.15) is 51.2 Å². The topological polar surface area (TPSA) is 105 Å². The summed E-state index contributed by atoms with van der Waals surface area (Å²) in [5, 5.41) is 12.2. The van der Waals surface area contributed by atoms with Gasteiger partial charge in [0.1, 0.15) is 4.99 Å². The summed E-state index contributed by atoms with van der Waals surface area (Å²) >= 11 is 5.46. The molecule has 3 N–H and O–H groups in total. The second kappa shape index (κ2) is 12.2. The summed E-state index contributed by atoms with van der Waals surface area (Å²) in [6.07, 6.45) is 2.03. The molecule has 2 aromatic carbocycles. The van der Waals surface area contributed by atoms with Crippen molar-refractivity contribution in [3.8, 4) is 0 Å². The van der Waals surface area contributed by atoms with Crippen molar-refractivity contribution in [2.75, 3.05) is 18.5 Å². The van der Waals surface area contributed by atoms with Gasteiger partial charge in [0.2, 0.25) is 0 Å². The first-order valence-corrected chi connectivity index (χ1v) is 13.0. The first-order valence-electron chi connectivity index (χ1n) is 11.1. The highest BCUT2D eigenvalue weighted by Crippen LogP contribution is 2.35. The Hall–Kier alpha value is -2.33. The molecule has 1 saturated heterocycles. The molecule has 1 aliphatic heterocycles. The Labute approximate surface area is 201 Å². The van der Waals surface area contributed by atoms with Gasteiger partial charge < -0.3 is 10.1 Å². The van der Waals surface area contributed by atoms with Gasteiger partial charge in [-0.25, -0.2) is 13.9 Å². The molecule has 0 aliphatic carbocycles. The maximum absolute atomic E-state index is 13.3. The van der Waals surface area contributed by atoms with Crippen molar-refractivity contribution < 1.29 is 23.2 Å². The standard InChI is InChI=1S/C22H26N2O5S2.C2H6/c1-2-3-16-4-6-17(7-5-16)20(30)23-18-8-10-19(11-9-18)31(27,28)22(21(25)24-26)12-14-29-15-13-22;1-2/h4-11,26H,2-3,12-15H2,1H3,(H,23,30)(H,24,25);1-2H3. The van der Waals surface area contributed by atoms with E-state index in [1.165, 1.54) is 23.2 Å². The Morgan fingerprint density at radius 2 is 1.64 bits per heavy atom. The fraction of sp³-hybridized carbons (Fsp3) is 0.417. The molecule has 0 unspecified atom stereocenters. The molecule has 1 fully saturated rings. The summed E-state index contributed by atoms with van der Waals surface area (Å²) < 4.78 is 30.0. The zero-order valence-corrected chi connectivity index (χ0v) is 20.9. The van der Waals surface area contributed by atoms with E-state index in [0.29, 0.717) is 10.7 Å². The molecule has 0 aromatic heterocycles. The first-order chi connectivity index (χ1) is 15.8. The number of ether oxygens (including phenoxy) is 1. The molecule has 180 valence electrons. The molecular weight excluding hydrogens is 460 g/mol. The summed E-state index contributed by atoms with van der Waals surface area (Å²) in [4.78, 5) is 12.8. The molecular formula is C24H32N2O5S2. The minimum atomic E-state index is -4.06. The van der Waals surface area contributed by atoms with E-state index in [1.807, 2.05) is 38.1 Å². The number of hydrogen-bond acceptors (Lipinski definition) is 6. The molecule has 1 amide bonds. The van der Waals surface area contributed by atoms with Crippen LogP contribution in [0.2, 0.25) is 0 Å². The smallest absolute Gasteiger partial charge is 0.265 e. The molecule has 0 spiro atoms. The molecule has 0 bridgehead atoms. The molecule has 1 heterocycles. The molecule has 2 aromatic rings. The highest BCUT2D eigenvalue weighted by atomic mass is 32.2. The van der Waals surface area contributed by atoms with Crippen LogP contribution in [0.4, 0.5) is 5.69 Å². The average Bonchev–Trinajstić information content (AvgIpc) is 2.86. The van der Waals surface area contributed by atoms with E-state index in [0.717, 1.165) is 18.4 Å². The van der Waals surface area contributed by atoms with Gasteiger partial charge in [-0.3, -0.25) is 10.0 Å². The number of amides is 1. The lowest BCUT2D eigenvalue weighted by Gasteiger charge is -2.34. The number of aryl methyl sites for hydroxylation is 1. The van der Waals surface area contributed by atoms with Crippen molar-refractivity contribution in [3.63, 3.8) is 0 Å². The number of benzene rings is 2. The summed E-state index contributed by atoms with van der Waals surface area (Å²) in [7, 11) is -4.06. The zero-order valence-electron chi connectivity index (χ0n) is 19.3. The Morgan fingerprint density at radius 3 is 2.15 bits per heavy atom. The minimum Gasteiger partial charge on any atom is -0.381 e. The van der Waals surface area contributed by atoms with Gasteiger partial charge in [0.15, 0.2) is 14.6 Å². The van der Waals surface area contributed by atoms with Gasteiger partial charge in [0, 0.05) is 24.5 Å². The van der Waals surface area contributed by atoms with Crippen LogP contribution in [-0.2, 0) is 25.8 Å². The van der Waals surface area contributed by atoms with E-state index >= 15 is 0 Å². The van der Waals surface area contributed by atoms with Gasteiger partial charge in [-0.05, 0) is 49.1 Å². The second-order valence-electron chi connectivity index (χ2n) is 7.48. The largest absolute Gasteiger partial charge is 0.381 e. The van der Waals surface area contributed by atoms with Crippen molar-refractivity contribution >= 4 is 38.6 Å². The summed E-state index contributed by atoms with van der Waals surface area (Å²) in [6.45, 7) is 6.37. The Morgan fingerprint density at radius 1 is 1.06 bits per heavy atom. The van der Waals surface area contributed by atoms with E-state index in [9.17, 15) is 13.2 Å². The third-order valence-electron chi connectivity index (χ3n) is 5.51. The molecule has 3 rings (SSSR count). The van der Waals surface area contributed by atoms with Crippen molar-refractivity contribution in [1.29, 1.82) is 0 Å². The molecule has 7 nitrogen and oxygen atoms in total. The van der Waals surface area contributed by atoms with Crippen LogP contribution in [0.5, 0.6) is 0 Å². The average molecular weight is 493 g/mol. The number of carbonyl (C=O) groups is 1. The maximum Gasteiger partial charge on any atom is 0.265 e. The van der Waals surface area contributed by atoms with Gasteiger partial charge >= 0.3 is 0 Å². The number of nitrogens with one attached hydrogen (secondary N) is 2. The van der Waals surface area contributed by atoms with Crippen LogP contribution >= 0.6 is 12.2 Å². The fourth-order valence-corrected chi connectivity index (χ4v) is 5.87. The monoisotopic (exact) mass is 492 g/mol. The predicted octanol–water partition coefficient (Wildman–Crippen LogP) is 4.28. The van der Waals surface area contributed by atoms with Crippen LogP contribution in [0, 0.1) is 0 Å². The van der Waals surface area contributed by atoms with Gasteiger partial charge in [-0.1, -0.05) is 63.7 Å². The van der Waals surface area contributed by atoms with Crippen LogP contribution in [0.15, 0.2) is 53.4 Å². The summed E-state index contributed by atoms with van der Waals surface area (Å²) in [5.74, 6) is -0.939. The van der Waals surface area contributed by atoms with Crippen molar-refractivity contribution in [3.05, 3.63) is 59.7 Å². The molecule has 0 radical (unpaired) electrons. The minimum absolute atomic E-state index is 0.00149. The number of sulfone groups is 1. The number of carbonyl (C=O) groups excluding carboxylic acids is 1. The highest BCUT2D eigenvalue weighted by molar-refractivity contribution is 7.93. The fourth-order valence-electron chi connectivity index (χ4n) is 3.68. The maximum atomic E-state index is 13.3. The molecule has 0 saturated carbocycles. The van der Waals surface area contributed by atoms with E-state index in [2.05, 4.69) is 12.2 Å². The Kier molecular flexibility index (Phi) is 9.97. The third kappa shape index (κ3) is 5.97. The lowest BCUT2D eigenvalue weighted by Crippen LogP contribution is -2.54. The first kappa shape index (κ1) is 26.9. The molecule has 0 atom stereocenters. The lowest BCUT2D eigenvalue weighted by atomic mass is 9.98. The highest BCUT2D eigenvalue weighted by Gasteiger charge is 2.52. The normalized spacial score (nSPS) is 15.0. The quantitative estimate of drug-likeness (QED) is 0.301. The predicted molar refractivity (Wildman–Crippen MR) is 133 cm³/mol. The number of rotatable bonds is 7. The Balaban J connectivity index is 0.00000187. The van der Waals surface area contributed by atoms with E-state index in [-0.39, 0.29) is 31.0 Å². The van der Waals surface area contributed by atoms with Gasteiger partial charge in [-0.2, -0.15) is 0 Å². The van der Waals surface area contributed by atoms with Gasteiger partial charge in [-0.15, -0.1) is 0 Å². The van der Waals surface area contributed by atoms with Crippen molar-refractivity contribution in [2.45, 2.75) is 56.1 Å². The number of hydrogen-bond donors (Lipinski definition) is 3. The molecule has 9 heteroatoms. The van der Waals surface area contributed by atoms with Crippen LogP contribution < -0.4 is 10.8 Å². The van der Waals surface area contributed by atoms with Crippen molar-refractivity contribution in [1.82, 2.24) is 5.48 Å². The van der Waals surface area contributed by atoms with Crippen molar-refractivity contribution in [2.24, 2.45) is 0 Å². The van der Waals surface area contributed by atoms with E-state index < -0.39 is 20.5 Å². The number of hydroxylamine groups is 1. The van der Waals surface area contributed by atoms with Crippen LogP contribution in [-0.4, -0.2) is 42.5 Å². The van der Waals surface area contributed by atoms with Gasteiger partial charge in [0.25, 0.3) is 5.91 Å². The zero-order chi connectivity index (χ0) is 24.5. The Bertz CT molecular complexity index is 1030. The van der Waals surface area contributed by atoms with E-state index in [1.54, 1.807) is 12.1 Å². The van der Waals surface area contributed by atoms with Gasteiger partial charge in [0.05, 0.1) is 4.90 Å². The molecule has 1 aliphatic rings. The number of thiocarbonyl (C=S) groups is 1. The lowest BCUT2D eigenvalue weighted by molar-refractivity contribution is -0.134. The summed E-state index contributed by atoms with van der Waals surface area (Å²) in [6, 6.07) is 14.1. The summed E-state index contributed by atoms with van der Waals surface area (Å²) in [5.41, 5.74) is 4.26. The molecule has 33 heavy (non-hydrogen) atoms. The number of anilines is 1. The van der Waals surface area contributed by atoms with Crippen LogP contribution in [0.25, 0.3) is 0 Å².